The molecule has 0 aromatic heterocycles. The van der Waals surface area contributed by atoms with E-state index in [0.717, 1.165) is 38.8 Å². The molecule has 32 heavy (non-hydrogen) atoms. The molecule has 2 amide bonds. The number of amides is 2. The number of unbranched alkanes of at least 4 members (excludes halogenated alkanes) is 3. The third kappa shape index (κ3) is 4.41. The second kappa shape index (κ2) is 9.30. The average molecular weight is 447 g/mol. The number of carbonyl (C=O) groups excluding carboxylic acids is 2. The van der Waals surface area contributed by atoms with E-state index in [9.17, 15) is 9.59 Å². The summed E-state index contributed by atoms with van der Waals surface area (Å²) >= 11 is 0. The van der Waals surface area contributed by atoms with Crippen molar-refractivity contribution in [3.63, 3.8) is 0 Å². The van der Waals surface area contributed by atoms with E-state index in [2.05, 4.69) is 50.7 Å². The summed E-state index contributed by atoms with van der Waals surface area (Å²) in [6, 6.07) is 0. The molecule has 0 aromatic carbocycles. The van der Waals surface area contributed by atoms with Gasteiger partial charge in [-0.1, -0.05) is 25.0 Å². The second-order valence-corrected chi connectivity index (χ2v) is 11.2. The summed E-state index contributed by atoms with van der Waals surface area (Å²) in [5.41, 5.74) is -1.66. The number of hydrogen-bond acceptors (Lipinski definition) is 4. The Balaban J connectivity index is 1.87. The van der Waals surface area contributed by atoms with Gasteiger partial charge in [-0.3, -0.25) is 19.4 Å². The Morgan fingerprint density at radius 3 is 1.22 bits per heavy atom. The molecule has 0 spiro atoms. The van der Waals surface area contributed by atoms with Gasteiger partial charge in [0.15, 0.2) is 0 Å². The first-order valence-corrected chi connectivity index (χ1v) is 12.1. The molecule has 0 bridgehead atoms. The highest BCUT2D eigenvalue weighted by atomic mass is 16.2. The van der Waals surface area contributed by atoms with Gasteiger partial charge in [0.1, 0.15) is 0 Å². The fourth-order valence-corrected chi connectivity index (χ4v) is 5.85. The van der Waals surface area contributed by atoms with Gasteiger partial charge in [-0.05, 0) is 68.2 Å². The van der Waals surface area contributed by atoms with Crippen molar-refractivity contribution in [1.82, 2.24) is 19.6 Å². The third-order valence-electron chi connectivity index (χ3n) is 7.67. The zero-order valence-corrected chi connectivity index (χ0v) is 21.8. The first-order chi connectivity index (χ1) is 14.7. The van der Waals surface area contributed by atoms with Gasteiger partial charge in [0, 0.05) is 26.2 Å². The maximum atomic E-state index is 13.1. The fraction of sp³-hybridized carbons (Fsp3) is 0.769. The van der Waals surface area contributed by atoms with E-state index in [1.54, 1.807) is 0 Å². The minimum Gasteiger partial charge on any atom is -0.323 e. The SMILES string of the molecule is C=CCN1C(C)(C)C(=O)N(CCCCCCN2C(=O)C(C)(C)N(CC=C)C2(C)C)C1(C)C. The molecule has 6 nitrogen and oxygen atoms in total. The van der Waals surface area contributed by atoms with E-state index in [1.165, 1.54) is 0 Å². The molecule has 2 heterocycles. The molecular formula is C26H46N4O2. The summed E-state index contributed by atoms with van der Waals surface area (Å²) in [5.74, 6) is 0.386. The lowest BCUT2D eigenvalue weighted by Crippen LogP contribution is -2.52. The Morgan fingerprint density at radius 2 is 0.938 bits per heavy atom. The van der Waals surface area contributed by atoms with Crippen LogP contribution in [0.2, 0.25) is 0 Å². The molecule has 2 rings (SSSR count). The van der Waals surface area contributed by atoms with Crippen LogP contribution in [0.5, 0.6) is 0 Å². The topological polar surface area (TPSA) is 47.1 Å². The van der Waals surface area contributed by atoms with Crippen LogP contribution in [0, 0.1) is 0 Å². The van der Waals surface area contributed by atoms with Crippen molar-refractivity contribution in [2.45, 2.75) is 103 Å². The summed E-state index contributed by atoms with van der Waals surface area (Å²) in [4.78, 5) is 34.6. The number of rotatable bonds is 11. The number of hydrogen-bond donors (Lipinski definition) is 0. The second-order valence-electron chi connectivity index (χ2n) is 11.2. The molecule has 0 saturated carbocycles. The highest BCUT2D eigenvalue weighted by Crippen LogP contribution is 2.39. The van der Waals surface area contributed by atoms with Crippen molar-refractivity contribution in [3.05, 3.63) is 25.3 Å². The highest BCUT2D eigenvalue weighted by molar-refractivity contribution is 5.89. The van der Waals surface area contributed by atoms with Crippen LogP contribution >= 0.6 is 0 Å². The Hall–Kier alpha value is -1.66. The monoisotopic (exact) mass is 446 g/mol. The average Bonchev–Trinajstić information content (AvgIpc) is 2.89. The smallest absolute Gasteiger partial charge is 0.244 e. The summed E-state index contributed by atoms with van der Waals surface area (Å²) in [5, 5.41) is 0. The quantitative estimate of drug-likeness (QED) is 0.352. The van der Waals surface area contributed by atoms with Crippen LogP contribution in [-0.4, -0.2) is 80.0 Å². The molecule has 2 aliphatic heterocycles. The standard InChI is InChI=1S/C26H46N4O2/c1-11-17-29-23(3,4)21(31)27(25(29,7)8)19-15-13-14-16-20-28-22(32)24(5,6)30(18-12-2)26(28,9)10/h11-12H,1-2,13-20H2,3-10H3. The van der Waals surface area contributed by atoms with E-state index in [-0.39, 0.29) is 23.1 Å². The van der Waals surface area contributed by atoms with Gasteiger partial charge in [-0.15, -0.1) is 13.2 Å². The van der Waals surface area contributed by atoms with E-state index >= 15 is 0 Å². The highest BCUT2D eigenvalue weighted by Gasteiger charge is 2.56. The summed E-state index contributed by atoms with van der Waals surface area (Å²) in [7, 11) is 0. The van der Waals surface area contributed by atoms with E-state index < -0.39 is 11.1 Å². The van der Waals surface area contributed by atoms with Gasteiger partial charge < -0.3 is 9.80 Å². The van der Waals surface area contributed by atoms with Crippen molar-refractivity contribution in [3.8, 4) is 0 Å². The molecule has 0 unspecified atom stereocenters. The van der Waals surface area contributed by atoms with Crippen LogP contribution < -0.4 is 0 Å². The van der Waals surface area contributed by atoms with Gasteiger partial charge >= 0.3 is 0 Å². The van der Waals surface area contributed by atoms with Crippen molar-refractivity contribution in [2.75, 3.05) is 26.2 Å². The first kappa shape index (κ1) is 26.6. The van der Waals surface area contributed by atoms with Gasteiger partial charge in [0.2, 0.25) is 11.8 Å². The van der Waals surface area contributed by atoms with Crippen LogP contribution in [0.3, 0.4) is 0 Å². The van der Waals surface area contributed by atoms with E-state index in [0.29, 0.717) is 13.1 Å². The lowest BCUT2D eigenvalue weighted by atomic mass is 10.0. The van der Waals surface area contributed by atoms with Crippen LogP contribution in [0.15, 0.2) is 25.3 Å². The third-order valence-corrected chi connectivity index (χ3v) is 7.67. The normalized spacial score (nSPS) is 24.4. The lowest BCUT2D eigenvalue weighted by Gasteiger charge is -2.40. The molecule has 0 aromatic rings. The maximum absolute atomic E-state index is 13.1. The molecule has 0 radical (unpaired) electrons. The van der Waals surface area contributed by atoms with Gasteiger partial charge in [-0.2, -0.15) is 0 Å². The lowest BCUT2D eigenvalue weighted by molar-refractivity contribution is -0.134. The molecule has 2 saturated heterocycles. The van der Waals surface area contributed by atoms with Crippen molar-refractivity contribution >= 4 is 11.8 Å². The predicted octanol–water partition coefficient (Wildman–Crippen LogP) is 4.24. The largest absolute Gasteiger partial charge is 0.323 e. The first-order valence-electron chi connectivity index (χ1n) is 12.1. The zero-order chi connectivity index (χ0) is 24.5. The van der Waals surface area contributed by atoms with Crippen molar-refractivity contribution in [1.29, 1.82) is 0 Å². The molecule has 6 heteroatoms. The summed E-state index contributed by atoms with van der Waals surface area (Å²) in [6.07, 6.45) is 7.78. The van der Waals surface area contributed by atoms with Crippen LogP contribution in [-0.2, 0) is 9.59 Å². The summed E-state index contributed by atoms with van der Waals surface area (Å²) in [6.45, 7) is 27.2. The minimum absolute atomic E-state index is 0.193. The predicted molar refractivity (Wildman–Crippen MR) is 132 cm³/mol. The Morgan fingerprint density at radius 1 is 0.625 bits per heavy atom. The van der Waals surface area contributed by atoms with Gasteiger partial charge in [0.05, 0.1) is 22.4 Å². The number of nitrogens with zero attached hydrogens (tertiary/aromatic N) is 4. The van der Waals surface area contributed by atoms with Crippen LogP contribution in [0.4, 0.5) is 0 Å². The molecule has 2 aliphatic rings. The van der Waals surface area contributed by atoms with Crippen molar-refractivity contribution < 1.29 is 9.59 Å². The number of carbonyl (C=O) groups is 2. The maximum Gasteiger partial charge on any atom is 0.244 e. The Labute approximate surface area is 196 Å². The molecular weight excluding hydrogens is 400 g/mol. The molecule has 182 valence electrons. The van der Waals surface area contributed by atoms with Crippen LogP contribution in [0.25, 0.3) is 0 Å². The van der Waals surface area contributed by atoms with Gasteiger partial charge in [0.25, 0.3) is 0 Å². The fourth-order valence-electron chi connectivity index (χ4n) is 5.85. The van der Waals surface area contributed by atoms with Crippen LogP contribution in [0.1, 0.15) is 81.1 Å². The Bertz CT molecular complexity index is 676. The van der Waals surface area contributed by atoms with E-state index in [4.69, 9.17) is 0 Å². The molecule has 2 fully saturated rings. The molecule has 0 aliphatic carbocycles. The zero-order valence-electron chi connectivity index (χ0n) is 21.8. The minimum atomic E-state index is -0.510. The van der Waals surface area contributed by atoms with Gasteiger partial charge in [-0.25, -0.2) is 0 Å². The molecule has 0 N–H and O–H groups in total. The summed E-state index contributed by atoms with van der Waals surface area (Å²) < 4.78 is 0. The Kier molecular flexibility index (Phi) is 7.73. The van der Waals surface area contributed by atoms with Crippen molar-refractivity contribution in [2.24, 2.45) is 0 Å². The molecule has 0 atom stereocenters. The van der Waals surface area contributed by atoms with E-state index in [1.807, 2.05) is 49.6 Å².